The predicted molar refractivity (Wildman–Crippen MR) is 77.6 cm³/mol. The predicted octanol–water partition coefficient (Wildman–Crippen LogP) is 3.37. The monoisotopic (exact) mass is 240 g/mol. The molecule has 18 heavy (non-hydrogen) atoms. The molecule has 0 fully saturated rings. The molecule has 2 nitrogen and oxygen atoms in total. The van der Waals surface area contributed by atoms with Crippen LogP contribution in [0.1, 0.15) is 22.3 Å². The van der Waals surface area contributed by atoms with Crippen molar-refractivity contribution in [3.63, 3.8) is 0 Å². The molecule has 94 valence electrons. The van der Waals surface area contributed by atoms with Crippen LogP contribution in [0.3, 0.4) is 0 Å². The molecule has 0 aromatic heterocycles. The Hall–Kier alpha value is -1.80. The Morgan fingerprint density at radius 2 is 1.56 bits per heavy atom. The van der Waals surface area contributed by atoms with Gasteiger partial charge in [-0.25, -0.2) is 0 Å². The smallest absolute Gasteiger partial charge is 0.0400 e. The molecule has 0 unspecified atom stereocenters. The maximum atomic E-state index is 5.58. The van der Waals surface area contributed by atoms with Crippen molar-refractivity contribution in [1.82, 2.24) is 0 Å². The van der Waals surface area contributed by atoms with Gasteiger partial charge in [-0.05, 0) is 48.2 Å². The lowest BCUT2D eigenvalue weighted by Gasteiger charge is -2.09. The van der Waals surface area contributed by atoms with Gasteiger partial charge in [0.25, 0.3) is 0 Å². The van der Waals surface area contributed by atoms with Gasteiger partial charge >= 0.3 is 0 Å². The third-order valence-corrected chi connectivity index (χ3v) is 3.26. The molecule has 0 bridgehead atoms. The third-order valence-electron chi connectivity index (χ3n) is 3.26. The molecule has 0 amide bonds. The molecule has 0 spiro atoms. The van der Waals surface area contributed by atoms with Crippen LogP contribution in [-0.4, -0.2) is 0 Å². The molecule has 0 saturated heterocycles. The zero-order valence-corrected chi connectivity index (χ0v) is 11.0. The number of nitrogens with one attached hydrogen (secondary N) is 1. The van der Waals surface area contributed by atoms with Crippen LogP contribution in [0.4, 0.5) is 5.69 Å². The summed E-state index contributed by atoms with van der Waals surface area (Å²) in [5, 5.41) is 3.44. The van der Waals surface area contributed by atoms with E-state index < -0.39 is 0 Å². The van der Waals surface area contributed by atoms with Crippen molar-refractivity contribution in [2.75, 3.05) is 5.32 Å². The lowest BCUT2D eigenvalue weighted by atomic mass is 10.1. The summed E-state index contributed by atoms with van der Waals surface area (Å²) in [4.78, 5) is 0. The Morgan fingerprint density at radius 3 is 2.17 bits per heavy atom. The van der Waals surface area contributed by atoms with Crippen molar-refractivity contribution in [3.8, 4) is 0 Å². The normalized spacial score (nSPS) is 10.4. The first-order valence-corrected chi connectivity index (χ1v) is 6.28. The summed E-state index contributed by atoms with van der Waals surface area (Å²) >= 11 is 0. The summed E-state index contributed by atoms with van der Waals surface area (Å²) in [6, 6.07) is 14.9. The van der Waals surface area contributed by atoms with Gasteiger partial charge in [0, 0.05) is 18.8 Å². The fourth-order valence-corrected chi connectivity index (χ4v) is 1.85. The van der Waals surface area contributed by atoms with Crippen molar-refractivity contribution >= 4 is 5.69 Å². The average Bonchev–Trinajstić information content (AvgIpc) is 2.41. The molecule has 0 aliphatic heterocycles. The van der Waals surface area contributed by atoms with Crippen LogP contribution < -0.4 is 11.1 Å². The topological polar surface area (TPSA) is 38.0 Å². The van der Waals surface area contributed by atoms with E-state index in [1.807, 2.05) is 0 Å². The van der Waals surface area contributed by atoms with Gasteiger partial charge in [-0.15, -0.1) is 0 Å². The van der Waals surface area contributed by atoms with Crippen LogP contribution >= 0.6 is 0 Å². The highest BCUT2D eigenvalue weighted by Crippen LogP contribution is 2.15. The second-order valence-electron chi connectivity index (χ2n) is 4.67. The van der Waals surface area contributed by atoms with Gasteiger partial charge in [0.2, 0.25) is 0 Å². The number of hydrogen-bond acceptors (Lipinski definition) is 2. The van der Waals surface area contributed by atoms with Crippen molar-refractivity contribution in [2.24, 2.45) is 5.73 Å². The minimum Gasteiger partial charge on any atom is -0.381 e. The van der Waals surface area contributed by atoms with E-state index in [9.17, 15) is 0 Å². The lowest BCUT2D eigenvalue weighted by Crippen LogP contribution is -2.01. The second-order valence-corrected chi connectivity index (χ2v) is 4.67. The van der Waals surface area contributed by atoms with Crippen molar-refractivity contribution < 1.29 is 0 Å². The first-order chi connectivity index (χ1) is 8.69. The van der Waals surface area contributed by atoms with Gasteiger partial charge < -0.3 is 11.1 Å². The number of anilines is 1. The second kappa shape index (κ2) is 5.69. The molecule has 2 rings (SSSR count). The number of aryl methyl sites for hydroxylation is 2. The molecule has 3 N–H and O–H groups in total. The van der Waals surface area contributed by atoms with Crippen LogP contribution in [0.25, 0.3) is 0 Å². The summed E-state index contributed by atoms with van der Waals surface area (Å²) in [7, 11) is 0. The van der Waals surface area contributed by atoms with E-state index in [0.29, 0.717) is 6.54 Å². The molecule has 0 atom stereocenters. The van der Waals surface area contributed by atoms with E-state index in [1.54, 1.807) is 0 Å². The van der Waals surface area contributed by atoms with E-state index >= 15 is 0 Å². The average molecular weight is 240 g/mol. The van der Waals surface area contributed by atoms with E-state index in [0.717, 1.165) is 6.54 Å². The standard InChI is InChI=1S/C16H20N2/c1-12-3-8-16(9-13(12)2)18-11-15-6-4-14(10-17)5-7-15/h3-9,18H,10-11,17H2,1-2H3. The highest BCUT2D eigenvalue weighted by molar-refractivity contribution is 5.48. The first kappa shape index (κ1) is 12.7. The molecular weight excluding hydrogens is 220 g/mol. The maximum Gasteiger partial charge on any atom is 0.0400 e. The van der Waals surface area contributed by atoms with Crippen molar-refractivity contribution in [2.45, 2.75) is 26.9 Å². The molecular formula is C16H20N2. The number of hydrogen-bond donors (Lipinski definition) is 2. The van der Waals surface area contributed by atoms with Gasteiger partial charge in [-0.2, -0.15) is 0 Å². The van der Waals surface area contributed by atoms with Gasteiger partial charge in [0.15, 0.2) is 0 Å². The van der Waals surface area contributed by atoms with Gasteiger partial charge in [0.1, 0.15) is 0 Å². The summed E-state index contributed by atoms with van der Waals surface area (Å²) in [5.41, 5.74) is 11.8. The van der Waals surface area contributed by atoms with Crippen LogP contribution in [0.15, 0.2) is 42.5 Å². The third kappa shape index (κ3) is 3.11. The lowest BCUT2D eigenvalue weighted by molar-refractivity contribution is 1.06. The molecule has 0 saturated carbocycles. The molecule has 0 radical (unpaired) electrons. The van der Waals surface area contributed by atoms with Crippen molar-refractivity contribution in [3.05, 3.63) is 64.7 Å². The Kier molecular flexibility index (Phi) is 4.00. The quantitative estimate of drug-likeness (QED) is 0.860. The van der Waals surface area contributed by atoms with Crippen LogP contribution in [0.2, 0.25) is 0 Å². The van der Waals surface area contributed by atoms with Crippen molar-refractivity contribution in [1.29, 1.82) is 0 Å². The van der Waals surface area contributed by atoms with E-state index in [2.05, 4.69) is 61.6 Å². The van der Waals surface area contributed by atoms with Gasteiger partial charge in [-0.3, -0.25) is 0 Å². The summed E-state index contributed by atoms with van der Waals surface area (Å²) in [6.45, 7) is 5.71. The Labute approximate surface area is 109 Å². The molecule has 0 aliphatic carbocycles. The molecule has 2 aromatic rings. The Bertz CT molecular complexity index is 515. The molecule has 0 aliphatic rings. The number of rotatable bonds is 4. The first-order valence-electron chi connectivity index (χ1n) is 6.28. The highest BCUT2D eigenvalue weighted by atomic mass is 14.9. The number of nitrogens with two attached hydrogens (primary N) is 1. The SMILES string of the molecule is Cc1ccc(NCc2ccc(CN)cc2)cc1C. The minimum atomic E-state index is 0.602. The summed E-state index contributed by atoms with van der Waals surface area (Å²) < 4.78 is 0. The molecule has 0 heterocycles. The van der Waals surface area contributed by atoms with E-state index in [-0.39, 0.29) is 0 Å². The molecule has 2 heteroatoms. The maximum absolute atomic E-state index is 5.58. The zero-order valence-electron chi connectivity index (χ0n) is 11.0. The van der Waals surface area contributed by atoms with Crippen LogP contribution in [0, 0.1) is 13.8 Å². The highest BCUT2D eigenvalue weighted by Gasteiger charge is 1.97. The minimum absolute atomic E-state index is 0.602. The van der Waals surface area contributed by atoms with Crippen LogP contribution in [0.5, 0.6) is 0 Å². The fraction of sp³-hybridized carbons (Fsp3) is 0.250. The Balaban J connectivity index is 1.99. The molecule has 2 aromatic carbocycles. The summed E-state index contributed by atoms with van der Waals surface area (Å²) in [6.07, 6.45) is 0. The van der Waals surface area contributed by atoms with E-state index in [4.69, 9.17) is 5.73 Å². The fourth-order valence-electron chi connectivity index (χ4n) is 1.85. The van der Waals surface area contributed by atoms with Gasteiger partial charge in [0.05, 0.1) is 0 Å². The largest absolute Gasteiger partial charge is 0.381 e. The van der Waals surface area contributed by atoms with Gasteiger partial charge in [-0.1, -0.05) is 30.3 Å². The zero-order chi connectivity index (χ0) is 13.0. The number of benzene rings is 2. The van der Waals surface area contributed by atoms with Crippen LogP contribution in [-0.2, 0) is 13.1 Å². The van der Waals surface area contributed by atoms with E-state index in [1.165, 1.54) is 27.9 Å². The Morgan fingerprint density at radius 1 is 0.889 bits per heavy atom. The summed E-state index contributed by atoms with van der Waals surface area (Å²) in [5.74, 6) is 0.